The largest absolute Gasteiger partial charge is 0.381 e. The van der Waals surface area contributed by atoms with Gasteiger partial charge in [0.1, 0.15) is 0 Å². The lowest BCUT2D eigenvalue weighted by molar-refractivity contribution is -0.00624. The molecule has 0 bridgehead atoms. The minimum atomic E-state index is 0.260. The number of nitrogens with one attached hydrogen (secondary N) is 1. The molecular weight excluding hydrogens is 202 g/mol. The molecule has 0 radical (unpaired) electrons. The first-order chi connectivity index (χ1) is 7.74. The standard InChI is InChI=1S/C12H21N3O/c1-13-9-12(4-3-5-16-10-12)6-11-7-14-15(2)8-11/h7-8,13H,3-6,9-10H2,1-2H3. The van der Waals surface area contributed by atoms with Crippen molar-refractivity contribution in [3.05, 3.63) is 18.0 Å². The van der Waals surface area contributed by atoms with Crippen molar-refractivity contribution in [2.75, 3.05) is 26.8 Å². The summed E-state index contributed by atoms with van der Waals surface area (Å²) >= 11 is 0. The van der Waals surface area contributed by atoms with Crippen molar-refractivity contribution in [1.29, 1.82) is 0 Å². The SMILES string of the molecule is CNCC1(Cc2cnn(C)c2)CCCOC1. The minimum Gasteiger partial charge on any atom is -0.381 e. The van der Waals surface area contributed by atoms with Crippen LogP contribution in [0.15, 0.2) is 12.4 Å². The first-order valence-corrected chi connectivity index (χ1v) is 5.94. The highest BCUT2D eigenvalue weighted by atomic mass is 16.5. The Bertz CT molecular complexity index is 323. The first kappa shape index (κ1) is 11.6. The van der Waals surface area contributed by atoms with Crippen LogP contribution in [-0.2, 0) is 18.2 Å². The predicted molar refractivity (Wildman–Crippen MR) is 63.3 cm³/mol. The second-order valence-electron chi connectivity index (χ2n) is 4.89. The maximum atomic E-state index is 5.65. The third kappa shape index (κ3) is 2.62. The highest BCUT2D eigenvalue weighted by molar-refractivity contribution is 5.08. The second-order valence-corrected chi connectivity index (χ2v) is 4.89. The van der Waals surface area contributed by atoms with Gasteiger partial charge in [-0.3, -0.25) is 4.68 Å². The summed E-state index contributed by atoms with van der Waals surface area (Å²) in [5.74, 6) is 0. The van der Waals surface area contributed by atoms with Gasteiger partial charge in [-0.05, 0) is 31.9 Å². The van der Waals surface area contributed by atoms with Crippen LogP contribution in [0.4, 0.5) is 0 Å². The normalized spacial score (nSPS) is 25.9. The van der Waals surface area contributed by atoms with Crippen LogP contribution in [0.25, 0.3) is 0 Å². The molecule has 1 fully saturated rings. The van der Waals surface area contributed by atoms with Crippen LogP contribution in [0.3, 0.4) is 0 Å². The number of aryl methyl sites for hydroxylation is 1. The zero-order chi connectivity index (χ0) is 11.4. The molecule has 0 amide bonds. The fourth-order valence-electron chi connectivity index (χ4n) is 2.62. The van der Waals surface area contributed by atoms with Crippen LogP contribution in [-0.4, -0.2) is 36.6 Å². The van der Waals surface area contributed by atoms with Crippen molar-refractivity contribution in [3.8, 4) is 0 Å². The Balaban J connectivity index is 2.06. The highest BCUT2D eigenvalue weighted by Crippen LogP contribution is 2.31. The fourth-order valence-corrected chi connectivity index (χ4v) is 2.62. The Labute approximate surface area is 97.0 Å². The van der Waals surface area contributed by atoms with E-state index in [1.807, 2.05) is 25.0 Å². The smallest absolute Gasteiger partial charge is 0.0537 e. The predicted octanol–water partition coefficient (Wildman–Crippen LogP) is 0.979. The van der Waals surface area contributed by atoms with Crippen LogP contribution in [0.5, 0.6) is 0 Å². The van der Waals surface area contributed by atoms with Gasteiger partial charge in [0.15, 0.2) is 0 Å². The number of hydrogen-bond acceptors (Lipinski definition) is 3. The van der Waals surface area contributed by atoms with Crippen molar-refractivity contribution in [1.82, 2.24) is 15.1 Å². The van der Waals surface area contributed by atoms with Gasteiger partial charge < -0.3 is 10.1 Å². The zero-order valence-corrected chi connectivity index (χ0v) is 10.2. The molecule has 2 rings (SSSR count). The molecule has 0 saturated carbocycles. The van der Waals surface area contributed by atoms with Crippen LogP contribution in [0, 0.1) is 5.41 Å². The van der Waals surface area contributed by atoms with E-state index >= 15 is 0 Å². The molecule has 4 heteroatoms. The Morgan fingerprint density at radius 1 is 1.62 bits per heavy atom. The summed E-state index contributed by atoms with van der Waals surface area (Å²) in [5, 5.41) is 7.53. The van der Waals surface area contributed by atoms with Gasteiger partial charge >= 0.3 is 0 Å². The van der Waals surface area contributed by atoms with Crippen LogP contribution < -0.4 is 5.32 Å². The summed E-state index contributed by atoms with van der Waals surface area (Å²) in [6, 6.07) is 0. The van der Waals surface area contributed by atoms with Gasteiger partial charge in [-0.2, -0.15) is 5.10 Å². The average Bonchev–Trinajstić information content (AvgIpc) is 2.65. The molecule has 4 nitrogen and oxygen atoms in total. The topological polar surface area (TPSA) is 39.1 Å². The van der Waals surface area contributed by atoms with Gasteiger partial charge in [0.2, 0.25) is 0 Å². The van der Waals surface area contributed by atoms with E-state index in [-0.39, 0.29) is 5.41 Å². The van der Waals surface area contributed by atoms with Crippen LogP contribution >= 0.6 is 0 Å². The summed E-state index contributed by atoms with van der Waals surface area (Å²) in [4.78, 5) is 0. The molecule has 1 unspecified atom stereocenters. The molecule has 1 N–H and O–H groups in total. The molecular formula is C12H21N3O. The molecule has 1 aliphatic rings. The highest BCUT2D eigenvalue weighted by Gasteiger charge is 2.32. The van der Waals surface area contributed by atoms with E-state index in [2.05, 4.69) is 16.6 Å². The summed E-state index contributed by atoms with van der Waals surface area (Å²) in [6.45, 7) is 2.79. The molecule has 1 aromatic heterocycles. The molecule has 1 saturated heterocycles. The molecule has 0 aliphatic carbocycles. The third-order valence-corrected chi connectivity index (χ3v) is 3.29. The van der Waals surface area contributed by atoms with Crippen molar-refractivity contribution < 1.29 is 4.74 Å². The van der Waals surface area contributed by atoms with Crippen molar-refractivity contribution in [3.63, 3.8) is 0 Å². The third-order valence-electron chi connectivity index (χ3n) is 3.29. The van der Waals surface area contributed by atoms with Gasteiger partial charge in [-0.1, -0.05) is 0 Å². The zero-order valence-electron chi connectivity index (χ0n) is 10.2. The summed E-state index contributed by atoms with van der Waals surface area (Å²) in [5.41, 5.74) is 1.57. The first-order valence-electron chi connectivity index (χ1n) is 5.94. The molecule has 16 heavy (non-hydrogen) atoms. The Kier molecular flexibility index (Phi) is 3.61. The van der Waals surface area contributed by atoms with E-state index in [1.165, 1.54) is 18.4 Å². The maximum Gasteiger partial charge on any atom is 0.0537 e. The molecule has 0 aromatic carbocycles. The maximum absolute atomic E-state index is 5.65. The molecule has 0 spiro atoms. The lowest BCUT2D eigenvalue weighted by atomic mass is 9.78. The quantitative estimate of drug-likeness (QED) is 0.827. The molecule has 1 aromatic rings. The summed E-state index contributed by atoms with van der Waals surface area (Å²) < 4.78 is 7.52. The Hall–Kier alpha value is -0.870. The van der Waals surface area contributed by atoms with Gasteiger partial charge in [0, 0.05) is 31.8 Å². The lowest BCUT2D eigenvalue weighted by Crippen LogP contribution is -2.41. The van der Waals surface area contributed by atoms with E-state index in [4.69, 9.17) is 4.74 Å². The fraction of sp³-hybridized carbons (Fsp3) is 0.750. The Morgan fingerprint density at radius 2 is 2.50 bits per heavy atom. The number of rotatable bonds is 4. The van der Waals surface area contributed by atoms with Gasteiger partial charge in [-0.25, -0.2) is 0 Å². The molecule has 90 valence electrons. The number of hydrogen-bond donors (Lipinski definition) is 1. The monoisotopic (exact) mass is 223 g/mol. The molecule has 1 atom stereocenters. The van der Waals surface area contributed by atoms with E-state index in [9.17, 15) is 0 Å². The van der Waals surface area contributed by atoms with Crippen molar-refractivity contribution >= 4 is 0 Å². The minimum absolute atomic E-state index is 0.260. The van der Waals surface area contributed by atoms with Gasteiger partial charge in [0.05, 0.1) is 12.8 Å². The van der Waals surface area contributed by atoms with E-state index in [0.717, 1.165) is 26.2 Å². The molecule has 2 heterocycles. The number of ether oxygens (including phenoxy) is 1. The lowest BCUT2D eigenvalue weighted by Gasteiger charge is -2.36. The van der Waals surface area contributed by atoms with Crippen molar-refractivity contribution in [2.45, 2.75) is 19.3 Å². The van der Waals surface area contributed by atoms with Crippen LogP contribution in [0.2, 0.25) is 0 Å². The van der Waals surface area contributed by atoms with Gasteiger partial charge in [-0.15, -0.1) is 0 Å². The van der Waals surface area contributed by atoms with E-state index in [1.54, 1.807) is 0 Å². The van der Waals surface area contributed by atoms with E-state index < -0.39 is 0 Å². The number of aromatic nitrogens is 2. The second kappa shape index (κ2) is 4.97. The van der Waals surface area contributed by atoms with Crippen LogP contribution in [0.1, 0.15) is 18.4 Å². The van der Waals surface area contributed by atoms with E-state index in [0.29, 0.717) is 0 Å². The van der Waals surface area contributed by atoms with Gasteiger partial charge in [0.25, 0.3) is 0 Å². The molecule has 1 aliphatic heterocycles. The summed E-state index contributed by atoms with van der Waals surface area (Å²) in [6.07, 6.45) is 7.53. The summed E-state index contributed by atoms with van der Waals surface area (Å²) in [7, 11) is 3.98. The van der Waals surface area contributed by atoms with Crippen molar-refractivity contribution in [2.24, 2.45) is 12.5 Å². The number of nitrogens with zero attached hydrogens (tertiary/aromatic N) is 2. The Morgan fingerprint density at radius 3 is 3.06 bits per heavy atom. The average molecular weight is 223 g/mol.